The normalized spacial score (nSPS) is 31.8. The standard InChI is InChI=1S/C28H37N7O4S/c1-40(38,39)33-8-6-32(7-9-33)26-29-17-22(18-30-26)34-10-11-35(24-5-3-2-4-23(24)34)27(36)31-25-20-12-19-13-21(25)16-28(37,14-19)15-20/h2-5,17-21,25,37H,6-16H2,1H3,(H,31,36). The number of amides is 2. The lowest BCUT2D eigenvalue weighted by atomic mass is 9.52. The second-order valence-corrected chi connectivity index (χ2v) is 14.3. The number of nitrogens with zero attached hydrogens (tertiary/aromatic N) is 6. The first kappa shape index (κ1) is 26.0. The Morgan fingerprint density at radius 3 is 2.23 bits per heavy atom. The molecule has 40 heavy (non-hydrogen) atoms. The summed E-state index contributed by atoms with van der Waals surface area (Å²) in [4.78, 5) is 28.9. The van der Waals surface area contributed by atoms with E-state index in [-0.39, 0.29) is 12.1 Å². The first-order valence-corrected chi connectivity index (χ1v) is 16.2. The summed E-state index contributed by atoms with van der Waals surface area (Å²) in [5.74, 6) is 1.91. The summed E-state index contributed by atoms with van der Waals surface area (Å²) in [5, 5.41) is 14.3. The molecule has 0 spiro atoms. The van der Waals surface area contributed by atoms with E-state index in [9.17, 15) is 18.3 Å². The number of carbonyl (C=O) groups excluding carboxylic acids is 1. The van der Waals surface area contributed by atoms with Crippen molar-refractivity contribution >= 4 is 39.1 Å². The average molecular weight is 568 g/mol. The monoisotopic (exact) mass is 567 g/mol. The van der Waals surface area contributed by atoms with Crippen LogP contribution in [0, 0.1) is 17.8 Å². The van der Waals surface area contributed by atoms with Gasteiger partial charge in [-0.3, -0.25) is 4.90 Å². The molecular formula is C28H37N7O4S. The fourth-order valence-corrected chi connectivity index (χ4v) is 8.94. The van der Waals surface area contributed by atoms with Gasteiger partial charge in [-0.2, -0.15) is 4.31 Å². The lowest BCUT2D eigenvalue weighted by Crippen LogP contribution is -2.63. The van der Waals surface area contributed by atoms with Crippen LogP contribution >= 0.6 is 0 Å². The summed E-state index contributed by atoms with van der Waals surface area (Å²) < 4.78 is 25.1. The number of rotatable bonds is 4. The smallest absolute Gasteiger partial charge is 0.322 e. The number of para-hydroxylation sites is 2. The van der Waals surface area contributed by atoms with Crippen LogP contribution in [0.2, 0.25) is 0 Å². The van der Waals surface area contributed by atoms with Gasteiger partial charge in [-0.15, -0.1) is 0 Å². The minimum atomic E-state index is -3.19. The third-order valence-electron chi connectivity index (χ3n) is 9.71. The number of carbonyl (C=O) groups is 1. The average Bonchev–Trinajstić information content (AvgIpc) is 2.93. The first-order valence-electron chi connectivity index (χ1n) is 14.4. The van der Waals surface area contributed by atoms with E-state index in [0.29, 0.717) is 63.0 Å². The van der Waals surface area contributed by atoms with Gasteiger partial charge in [0.1, 0.15) is 0 Å². The van der Waals surface area contributed by atoms with Gasteiger partial charge in [-0.05, 0) is 62.0 Å². The van der Waals surface area contributed by atoms with Crippen LogP contribution in [0.3, 0.4) is 0 Å². The molecule has 2 amide bonds. The van der Waals surface area contributed by atoms with Crippen molar-refractivity contribution in [2.45, 2.75) is 43.7 Å². The second kappa shape index (κ2) is 9.56. The van der Waals surface area contributed by atoms with Crippen molar-refractivity contribution in [1.29, 1.82) is 0 Å². The number of hydrogen-bond acceptors (Lipinski definition) is 8. The highest BCUT2D eigenvalue weighted by Gasteiger charge is 2.55. The van der Waals surface area contributed by atoms with E-state index in [4.69, 9.17) is 0 Å². The van der Waals surface area contributed by atoms with Crippen molar-refractivity contribution in [2.75, 3.05) is 60.2 Å². The summed E-state index contributed by atoms with van der Waals surface area (Å²) in [6.45, 7) is 3.08. The molecule has 4 bridgehead atoms. The maximum Gasteiger partial charge on any atom is 0.322 e. The van der Waals surface area contributed by atoms with E-state index in [2.05, 4.69) is 20.2 Å². The lowest BCUT2D eigenvalue weighted by Gasteiger charge is -2.58. The van der Waals surface area contributed by atoms with Crippen LogP contribution in [0.25, 0.3) is 0 Å². The van der Waals surface area contributed by atoms with Crippen LogP contribution < -0.4 is 20.0 Å². The number of aromatic nitrogens is 2. The molecule has 3 heterocycles. The molecule has 2 unspecified atom stereocenters. The Labute approximate surface area is 235 Å². The lowest BCUT2D eigenvalue weighted by molar-refractivity contribution is -0.136. The summed E-state index contributed by atoms with van der Waals surface area (Å²) in [6, 6.07) is 8.01. The van der Waals surface area contributed by atoms with Crippen LogP contribution in [0.5, 0.6) is 0 Å². The largest absolute Gasteiger partial charge is 0.390 e. The highest BCUT2D eigenvalue weighted by atomic mass is 32.2. The number of sulfonamides is 1. The maximum atomic E-state index is 13.6. The van der Waals surface area contributed by atoms with Gasteiger partial charge in [0, 0.05) is 45.3 Å². The molecule has 1 aromatic heterocycles. The Balaban J connectivity index is 1.05. The van der Waals surface area contributed by atoms with E-state index < -0.39 is 15.6 Å². The quantitative estimate of drug-likeness (QED) is 0.577. The zero-order valence-corrected chi connectivity index (χ0v) is 23.6. The van der Waals surface area contributed by atoms with E-state index in [0.717, 1.165) is 49.2 Å². The van der Waals surface area contributed by atoms with Gasteiger partial charge in [-0.1, -0.05) is 12.1 Å². The number of hydrogen-bond donors (Lipinski definition) is 2. The molecule has 8 rings (SSSR count). The van der Waals surface area contributed by atoms with Gasteiger partial charge < -0.3 is 20.2 Å². The topological polar surface area (TPSA) is 122 Å². The Kier molecular flexibility index (Phi) is 6.21. The molecule has 12 heteroatoms. The summed E-state index contributed by atoms with van der Waals surface area (Å²) in [6.07, 6.45) is 9.60. The van der Waals surface area contributed by atoms with Crippen LogP contribution in [-0.2, 0) is 10.0 Å². The number of piperazine rings is 1. The van der Waals surface area contributed by atoms with Gasteiger partial charge in [0.15, 0.2) is 0 Å². The molecule has 2 atom stereocenters. The summed E-state index contributed by atoms with van der Waals surface area (Å²) in [5.41, 5.74) is 2.12. The molecule has 2 N–H and O–H groups in total. The number of nitrogens with one attached hydrogen (secondary N) is 1. The Bertz CT molecular complexity index is 1380. The summed E-state index contributed by atoms with van der Waals surface area (Å²) >= 11 is 0. The Morgan fingerprint density at radius 2 is 1.60 bits per heavy atom. The fourth-order valence-electron chi connectivity index (χ4n) is 8.12. The molecule has 1 saturated heterocycles. The zero-order chi connectivity index (χ0) is 27.6. The van der Waals surface area contributed by atoms with Crippen molar-refractivity contribution in [1.82, 2.24) is 19.6 Å². The predicted octanol–water partition coefficient (Wildman–Crippen LogP) is 2.17. The number of fused-ring (bicyclic) bond motifs is 1. The van der Waals surface area contributed by atoms with Crippen LogP contribution in [-0.4, -0.2) is 91.0 Å². The molecule has 0 radical (unpaired) electrons. The highest BCUT2D eigenvalue weighted by Crippen LogP contribution is 2.55. The fraction of sp³-hybridized carbons (Fsp3) is 0.607. The predicted molar refractivity (Wildman–Crippen MR) is 152 cm³/mol. The molecule has 4 saturated carbocycles. The zero-order valence-electron chi connectivity index (χ0n) is 22.8. The number of aliphatic hydroxyl groups is 1. The molecular weight excluding hydrogens is 530 g/mol. The van der Waals surface area contributed by atoms with Crippen molar-refractivity contribution in [3.05, 3.63) is 36.7 Å². The van der Waals surface area contributed by atoms with E-state index in [1.165, 1.54) is 10.6 Å². The van der Waals surface area contributed by atoms with Crippen LogP contribution in [0.4, 0.5) is 27.8 Å². The Morgan fingerprint density at radius 1 is 0.950 bits per heavy atom. The van der Waals surface area contributed by atoms with Crippen LogP contribution in [0.15, 0.2) is 36.7 Å². The SMILES string of the molecule is CS(=O)(=O)N1CCN(c2ncc(N3CCN(C(=O)NC4C5CC6CC4CC(O)(C6)C5)c4ccccc43)cn2)CC1. The van der Waals surface area contributed by atoms with Gasteiger partial charge in [-0.25, -0.2) is 23.2 Å². The molecule has 5 fully saturated rings. The molecule has 214 valence electrons. The minimum absolute atomic E-state index is 0.0589. The van der Waals surface area contributed by atoms with Crippen molar-refractivity contribution < 1.29 is 18.3 Å². The molecule has 11 nitrogen and oxygen atoms in total. The van der Waals surface area contributed by atoms with Crippen molar-refractivity contribution in [2.24, 2.45) is 17.8 Å². The number of benzene rings is 1. The molecule has 6 aliphatic rings. The second-order valence-electron chi connectivity index (χ2n) is 12.4. The molecule has 1 aromatic carbocycles. The third-order valence-corrected chi connectivity index (χ3v) is 11.0. The van der Waals surface area contributed by atoms with Gasteiger partial charge in [0.2, 0.25) is 16.0 Å². The number of anilines is 4. The van der Waals surface area contributed by atoms with Crippen molar-refractivity contribution in [3.63, 3.8) is 0 Å². The van der Waals surface area contributed by atoms with E-state index >= 15 is 0 Å². The summed E-state index contributed by atoms with van der Waals surface area (Å²) in [7, 11) is -3.19. The van der Waals surface area contributed by atoms with E-state index in [1.54, 1.807) is 12.4 Å². The third kappa shape index (κ3) is 4.59. The van der Waals surface area contributed by atoms with Crippen molar-refractivity contribution in [3.8, 4) is 0 Å². The highest BCUT2D eigenvalue weighted by molar-refractivity contribution is 7.88. The number of urea groups is 1. The molecule has 2 aromatic rings. The van der Waals surface area contributed by atoms with Gasteiger partial charge in [0.25, 0.3) is 0 Å². The van der Waals surface area contributed by atoms with Gasteiger partial charge in [0.05, 0.1) is 41.3 Å². The molecule has 4 aliphatic carbocycles. The Hall–Kier alpha value is -2.96. The molecule has 2 aliphatic heterocycles. The van der Waals surface area contributed by atoms with Gasteiger partial charge >= 0.3 is 6.03 Å². The van der Waals surface area contributed by atoms with E-state index in [1.807, 2.05) is 34.1 Å². The minimum Gasteiger partial charge on any atom is -0.390 e. The maximum absolute atomic E-state index is 13.6. The van der Waals surface area contributed by atoms with Crippen LogP contribution in [0.1, 0.15) is 32.1 Å². The first-order chi connectivity index (χ1) is 19.2.